The van der Waals surface area contributed by atoms with Crippen LogP contribution >= 0.6 is 0 Å². The maximum absolute atomic E-state index is 6.15. The number of hydrogen-bond acceptors (Lipinski definition) is 4. The molecule has 5 heteroatoms. The number of nitrogens with one attached hydrogen (secondary N) is 1. The number of fused-ring (bicyclic) bond motifs is 2. The molecule has 0 aromatic heterocycles. The van der Waals surface area contributed by atoms with Gasteiger partial charge in [-0.2, -0.15) is 0 Å². The molecule has 146 valence electrons. The normalized spacial score (nSPS) is 18.4. The lowest BCUT2D eigenvalue weighted by atomic mass is 9.78. The topological polar surface area (TPSA) is 39.7 Å². The van der Waals surface area contributed by atoms with Gasteiger partial charge in [-0.1, -0.05) is 42.5 Å². The largest absolute Gasteiger partial charge is 0.494 e. The van der Waals surface area contributed by atoms with E-state index in [-0.39, 0.29) is 18.3 Å². The van der Waals surface area contributed by atoms with Crippen molar-refractivity contribution in [3.05, 3.63) is 66.7 Å². The minimum Gasteiger partial charge on any atom is -0.453 e. The lowest BCUT2D eigenvalue weighted by molar-refractivity contribution is 0.00578. The molecule has 0 unspecified atom stereocenters. The van der Waals surface area contributed by atoms with Gasteiger partial charge >= 0.3 is 7.12 Å². The summed E-state index contributed by atoms with van der Waals surface area (Å²) in [6.07, 6.45) is 0. The van der Waals surface area contributed by atoms with Crippen molar-refractivity contribution in [1.29, 1.82) is 0 Å². The molecule has 0 aliphatic carbocycles. The van der Waals surface area contributed by atoms with Gasteiger partial charge in [0.2, 0.25) is 0 Å². The lowest BCUT2D eigenvalue weighted by Gasteiger charge is -2.32. The van der Waals surface area contributed by atoms with E-state index in [0.717, 1.165) is 39.5 Å². The van der Waals surface area contributed by atoms with Crippen LogP contribution in [0.3, 0.4) is 0 Å². The van der Waals surface area contributed by atoms with Gasteiger partial charge in [0, 0.05) is 0 Å². The van der Waals surface area contributed by atoms with Crippen LogP contribution in [0.25, 0.3) is 11.1 Å². The smallest absolute Gasteiger partial charge is 0.453 e. The van der Waals surface area contributed by atoms with Gasteiger partial charge in [-0.3, -0.25) is 0 Å². The first-order valence-corrected chi connectivity index (χ1v) is 9.96. The van der Waals surface area contributed by atoms with E-state index in [0.29, 0.717) is 0 Å². The first kappa shape index (κ1) is 18.3. The van der Waals surface area contributed by atoms with E-state index in [1.54, 1.807) is 0 Å². The molecule has 3 aromatic carbocycles. The zero-order chi connectivity index (χ0) is 20.2. The molecular weight excluding hydrogens is 361 g/mol. The highest BCUT2D eigenvalue weighted by Crippen LogP contribution is 2.43. The molecule has 1 saturated heterocycles. The van der Waals surface area contributed by atoms with Crippen LogP contribution in [0.5, 0.6) is 11.5 Å². The molecule has 2 aliphatic heterocycles. The Kier molecular flexibility index (Phi) is 4.02. The van der Waals surface area contributed by atoms with Crippen molar-refractivity contribution in [3.8, 4) is 22.6 Å². The van der Waals surface area contributed by atoms with Crippen LogP contribution in [-0.2, 0) is 9.31 Å². The van der Waals surface area contributed by atoms with Crippen LogP contribution in [0.1, 0.15) is 27.7 Å². The summed E-state index contributed by atoms with van der Waals surface area (Å²) >= 11 is 0. The second kappa shape index (κ2) is 6.38. The zero-order valence-corrected chi connectivity index (χ0v) is 17.2. The second-order valence-electron chi connectivity index (χ2n) is 8.64. The van der Waals surface area contributed by atoms with E-state index in [1.807, 2.05) is 30.3 Å². The van der Waals surface area contributed by atoms with Crippen LogP contribution in [-0.4, -0.2) is 18.3 Å². The van der Waals surface area contributed by atoms with Crippen LogP contribution < -0.4 is 15.5 Å². The standard InChI is InChI=1S/C24H24BNO3/c1-23(2)24(3,4)29-25(28-23)18-12-9-16(10-13-18)17-11-14-22-20(15-17)26-19-7-5-6-8-21(19)27-22/h5-15,26H,1-4H3. The monoisotopic (exact) mass is 385 g/mol. The third-order valence-electron chi connectivity index (χ3n) is 6.13. The summed E-state index contributed by atoms with van der Waals surface area (Å²) in [6, 6.07) is 22.5. The van der Waals surface area contributed by atoms with Crippen molar-refractivity contribution in [3.63, 3.8) is 0 Å². The van der Waals surface area contributed by atoms with E-state index in [4.69, 9.17) is 14.0 Å². The fourth-order valence-electron chi connectivity index (χ4n) is 3.63. The number of hydrogen-bond donors (Lipinski definition) is 1. The molecular formula is C24H24BNO3. The summed E-state index contributed by atoms with van der Waals surface area (Å²) in [5.74, 6) is 1.68. The molecule has 3 aromatic rings. The van der Waals surface area contributed by atoms with Crippen molar-refractivity contribution in [2.75, 3.05) is 5.32 Å². The molecule has 4 nitrogen and oxygen atoms in total. The first-order valence-electron chi connectivity index (χ1n) is 9.96. The predicted molar refractivity (Wildman–Crippen MR) is 117 cm³/mol. The Morgan fingerprint density at radius 2 is 1.31 bits per heavy atom. The highest BCUT2D eigenvalue weighted by molar-refractivity contribution is 6.62. The quantitative estimate of drug-likeness (QED) is 0.463. The molecule has 5 rings (SSSR count). The Morgan fingerprint density at radius 1 is 0.690 bits per heavy atom. The summed E-state index contributed by atoms with van der Waals surface area (Å²) in [6.45, 7) is 8.28. The average molecular weight is 385 g/mol. The molecule has 0 radical (unpaired) electrons. The summed E-state index contributed by atoms with van der Waals surface area (Å²) in [5, 5.41) is 3.46. The fourth-order valence-corrected chi connectivity index (χ4v) is 3.63. The van der Waals surface area contributed by atoms with E-state index in [1.165, 1.54) is 0 Å². The van der Waals surface area contributed by atoms with Crippen LogP contribution in [0.4, 0.5) is 11.4 Å². The van der Waals surface area contributed by atoms with E-state index in [9.17, 15) is 0 Å². The number of rotatable bonds is 2. The molecule has 2 heterocycles. The molecule has 0 bridgehead atoms. The van der Waals surface area contributed by atoms with Crippen molar-refractivity contribution in [1.82, 2.24) is 0 Å². The lowest BCUT2D eigenvalue weighted by Crippen LogP contribution is -2.41. The molecule has 0 saturated carbocycles. The molecule has 1 fully saturated rings. The number of ether oxygens (including phenoxy) is 1. The third kappa shape index (κ3) is 3.11. The van der Waals surface area contributed by atoms with Crippen molar-refractivity contribution < 1.29 is 14.0 Å². The molecule has 0 atom stereocenters. The minimum absolute atomic E-state index is 0.337. The highest BCUT2D eigenvalue weighted by Gasteiger charge is 2.51. The molecule has 2 aliphatic rings. The Labute approximate surface area is 172 Å². The second-order valence-corrected chi connectivity index (χ2v) is 8.64. The van der Waals surface area contributed by atoms with E-state index in [2.05, 4.69) is 69.4 Å². The Balaban J connectivity index is 1.39. The minimum atomic E-state index is -0.343. The number of para-hydroxylation sites is 2. The van der Waals surface area contributed by atoms with Gasteiger partial charge in [-0.25, -0.2) is 0 Å². The zero-order valence-electron chi connectivity index (χ0n) is 17.2. The molecule has 1 N–H and O–H groups in total. The molecule has 0 spiro atoms. The maximum atomic E-state index is 6.15. The summed E-state index contributed by atoms with van der Waals surface area (Å²) in [7, 11) is -0.343. The van der Waals surface area contributed by atoms with Gasteiger partial charge < -0.3 is 19.4 Å². The van der Waals surface area contributed by atoms with Gasteiger partial charge in [0.1, 0.15) is 0 Å². The SMILES string of the molecule is CC1(C)OB(c2ccc(-c3ccc4c(c3)Nc3ccccc3O4)cc2)OC1(C)C. The average Bonchev–Trinajstić information content (AvgIpc) is 2.93. The Morgan fingerprint density at radius 3 is 2.03 bits per heavy atom. The summed E-state index contributed by atoms with van der Waals surface area (Å²) in [5.41, 5.74) is 4.56. The van der Waals surface area contributed by atoms with Gasteiger partial charge in [-0.05, 0) is 68.6 Å². The number of anilines is 2. The summed E-state index contributed by atoms with van der Waals surface area (Å²) in [4.78, 5) is 0. The van der Waals surface area contributed by atoms with E-state index >= 15 is 0 Å². The van der Waals surface area contributed by atoms with Gasteiger partial charge in [0.15, 0.2) is 11.5 Å². The van der Waals surface area contributed by atoms with Crippen molar-refractivity contribution in [2.24, 2.45) is 0 Å². The van der Waals surface area contributed by atoms with Crippen molar-refractivity contribution >= 4 is 24.0 Å². The van der Waals surface area contributed by atoms with Crippen LogP contribution in [0.2, 0.25) is 0 Å². The van der Waals surface area contributed by atoms with E-state index < -0.39 is 0 Å². The van der Waals surface area contributed by atoms with Gasteiger partial charge in [0.25, 0.3) is 0 Å². The first-order chi connectivity index (χ1) is 13.8. The van der Waals surface area contributed by atoms with Gasteiger partial charge in [-0.15, -0.1) is 0 Å². The molecule has 0 amide bonds. The maximum Gasteiger partial charge on any atom is 0.494 e. The predicted octanol–water partition coefficient (Wildman–Crippen LogP) is 5.50. The Bertz CT molecular complexity index is 1060. The molecule has 29 heavy (non-hydrogen) atoms. The van der Waals surface area contributed by atoms with Gasteiger partial charge in [0.05, 0.1) is 22.6 Å². The summed E-state index contributed by atoms with van der Waals surface area (Å²) < 4.78 is 18.3. The van der Waals surface area contributed by atoms with Crippen molar-refractivity contribution in [2.45, 2.75) is 38.9 Å². The Hall–Kier alpha value is -2.76. The fraction of sp³-hybridized carbons (Fsp3) is 0.250. The number of benzene rings is 3. The van der Waals surface area contributed by atoms with Crippen LogP contribution in [0, 0.1) is 0 Å². The third-order valence-corrected chi connectivity index (χ3v) is 6.13. The highest BCUT2D eigenvalue weighted by atomic mass is 16.7. The van der Waals surface area contributed by atoms with Crippen LogP contribution in [0.15, 0.2) is 66.7 Å².